The highest BCUT2D eigenvalue weighted by molar-refractivity contribution is 7.91. The van der Waals surface area contributed by atoms with Gasteiger partial charge in [0.25, 0.3) is 5.91 Å². The molecule has 65 heavy (non-hydrogen) atoms. The van der Waals surface area contributed by atoms with Crippen LogP contribution in [0.3, 0.4) is 0 Å². The van der Waals surface area contributed by atoms with Crippen molar-refractivity contribution in [3.05, 3.63) is 42.1 Å². The summed E-state index contributed by atoms with van der Waals surface area (Å²) in [6.07, 6.45) is -10.7. The predicted octanol–water partition coefficient (Wildman–Crippen LogP) is 5.91. The number of nitrogens with one attached hydrogen (secondary N) is 2. The Labute approximate surface area is 369 Å². The second-order valence-corrected chi connectivity index (χ2v) is 20.1. The number of benzene rings is 1. The van der Waals surface area contributed by atoms with Gasteiger partial charge in [0.15, 0.2) is 5.54 Å². The van der Waals surface area contributed by atoms with Gasteiger partial charge in [0.2, 0.25) is 27.7 Å². The Bertz CT molecular complexity index is 2340. The molecule has 2 aliphatic carbocycles. The van der Waals surface area contributed by atoms with Crippen LogP contribution in [0.1, 0.15) is 77.2 Å². The minimum absolute atomic E-state index is 0.0301. The Morgan fingerprint density at radius 2 is 1.82 bits per heavy atom. The van der Waals surface area contributed by atoms with Gasteiger partial charge < -0.3 is 29.5 Å². The molecule has 4 fully saturated rings. The van der Waals surface area contributed by atoms with Gasteiger partial charge in [0, 0.05) is 35.9 Å². The molecule has 0 spiro atoms. The maximum atomic E-state index is 15.4. The number of ether oxygens (including phenoxy) is 3. The fourth-order valence-electron chi connectivity index (χ4n) is 9.59. The first-order chi connectivity index (χ1) is 30.4. The molecule has 2 saturated carbocycles. The number of alkyl halides is 7. The van der Waals surface area contributed by atoms with E-state index in [1.54, 1.807) is 19.1 Å². The van der Waals surface area contributed by atoms with E-state index in [2.05, 4.69) is 10.3 Å². The molecular weight excluding hydrogens is 900 g/mol. The number of halogens is 7. The van der Waals surface area contributed by atoms with Gasteiger partial charge in [-0.3, -0.25) is 24.0 Å². The number of hydrogen-bond donors (Lipinski definition) is 3. The number of nitrogens with zero attached hydrogens (tertiary/aromatic N) is 3. The van der Waals surface area contributed by atoms with E-state index in [9.17, 15) is 45.5 Å². The van der Waals surface area contributed by atoms with Gasteiger partial charge in [-0.1, -0.05) is 26.0 Å². The third-order valence-corrected chi connectivity index (χ3v) is 15.7. The number of carboxylic acid groups (broad SMARTS) is 1. The van der Waals surface area contributed by atoms with Crippen molar-refractivity contribution in [3.63, 3.8) is 0 Å². The van der Waals surface area contributed by atoms with E-state index in [4.69, 9.17) is 14.2 Å². The zero-order valence-electron chi connectivity index (χ0n) is 35.6. The first kappa shape index (κ1) is 48.0. The minimum Gasteiger partial charge on any atom is -0.497 e. The molecule has 2 saturated heterocycles. The zero-order valence-corrected chi connectivity index (χ0v) is 36.5. The average Bonchev–Trinajstić information content (AvgIpc) is 4.14. The fourth-order valence-corrected chi connectivity index (χ4v) is 11.0. The monoisotopic (exact) mass is 949 g/mol. The van der Waals surface area contributed by atoms with E-state index < -0.39 is 130 Å². The zero-order chi connectivity index (χ0) is 47.5. The van der Waals surface area contributed by atoms with Gasteiger partial charge in [-0.25, -0.2) is 22.6 Å². The largest absolute Gasteiger partial charge is 0.497 e. The van der Waals surface area contributed by atoms with Crippen LogP contribution in [0.25, 0.3) is 10.8 Å². The van der Waals surface area contributed by atoms with Crippen molar-refractivity contribution >= 4 is 44.6 Å². The van der Waals surface area contributed by atoms with E-state index in [1.807, 2.05) is 4.72 Å². The van der Waals surface area contributed by atoms with Crippen LogP contribution in [0.5, 0.6) is 11.6 Å². The fraction of sp³-hybridized carbons (Fsp3) is 0.643. The van der Waals surface area contributed by atoms with Crippen LogP contribution < -0.4 is 19.5 Å². The van der Waals surface area contributed by atoms with Crippen LogP contribution in [0.4, 0.5) is 35.5 Å². The van der Waals surface area contributed by atoms with E-state index in [0.717, 1.165) is 11.0 Å². The van der Waals surface area contributed by atoms with Crippen LogP contribution in [-0.4, -0.2) is 126 Å². The lowest BCUT2D eigenvalue weighted by Crippen LogP contribution is -2.71. The third-order valence-electron chi connectivity index (χ3n) is 13.6. The van der Waals surface area contributed by atoms with E-state index in [1.165, 1.54) is 26.2 Å². The summed E-state index contributed by atoms with van der Waals surface area (Å²) in [4.78, 5) is 62.1. The third kappa shape index (κ3) is 8.89. The molecule has 7 rings (SSSR count). The highest BCUT2D eigenvalue weighted by Crippen LogP contribution is 2.49. The summed E-state index contributed by atoms with van der Waals surface area (Å²) in [5, 5.41) is 12.8. The number of carbonyl (C=O) groups excluding carboxylic acids is 3. The Morgan fingerprint density at radius 1 is 1.09 bits per heavy atom. The van der Waals surface area contributed by atoms with Crippen LogP contribution >= 0.6 is 0 Å². The molecule has 4 heterocycles. The van der Waals surface area contributed by atoms with Gasteiger partial charge in [-0.05, 0) is 81.4 Å². The minimum atomic E-state index is -5.26. The molecule has 1 aromatic heterocycles. The maximum absolute atomic E-state index is 15.4. The van der Waals surface area contributed by atoms with Crippen molar-refractivity contribution in [2.45, 2.75) is 118 Å². The molecule has 358 valence electrons. The molecular formula is C42H50F7N5O10S. The Balaban J connectivity index is 1.32. The van der Waals surface area contributed by atoms with Crippen molar-refractivity contribution in [1.29, 1.82) is 0 Å². The number of hydrogen-bond acceptors (Lipinski definition) is 10. The van der Waals surface area contributed by atoms with Gasteiger partial charge in [0.05, 0.1) is 25.8 Å². The topological polar surface area (TPSA) is 194 Å². The lowest BCUT2D eigenvalue weighted by Gasteiger charge is -2.50. The number of amides is 4. The van der Waals surface area contributed by atoms with Crippen molar-refractivity contribution in [2.75, 3.05) is 33.5 Å². The first-order valence-electron chi connectivity index (χ1n) is 21.2. The number of pyridine rings is 1. The summed E-state index contributed by atoms with van der Waals surface area (Å²) in [6, 6.07) is -0.147. The molecule has 0 bridgehead atoms. The predicted molar refractivity (Wildman–Crippen MR) is 216 cm³/mol. The normalized spacial score (nSPS) is 30.8. The average molecular weight is 950 g/mol. The number of carbonyl (C=O) groups is 4. The van der Waals surface area contributed by atoms with E-state index >= 15 is 18.0 Å². The number of fused-ring (bicyclic) bond motifs is 3. The molecule has 2 aromatic rings. The molecule has 3 aliphatic heterocycles. The molecule has 4 amide bonds. The molecule has 23 heteroatoms. The van der Waals surface area contributed by atoms with Crippen LogP contribution in [-0.2, 0) is 35.3 Å². The van der Waals surface area contributed by atoms with Crippen molar-refractivity contribution < 1.29 is 77.6 Å². The standard InChI is InChI=1S/C42H50F7N5O10S/c1-23-7-4-5-8-25-18-40(25,36(57)52-65(60,61)38(21-43)12-13-38)51-33(55)31-17-27(64-34-28-10-9-26(62-3)16-29(28)30(19-50-34)41(44,45)46)20-53(31)35(56)32(24(2)15-23)54(37(58)59)39(42(47,48)49)11-6-14-63-22-39/h5,8-10,16,19,23-25,27,31-32H,4,6-7,11-15,17-18,20-22H2,1-3H3,(H,51,55)(H,52,57)(H,58,59)/t23-,24+,25+,27+,31-,32-,39?,40+/m0/s1. The highest BCUT2D eigenvalue weighted by Gasteiger charge is 2.66. The molecule has 5 aliphatic rings. The molecule has 3 N–H and O–H groups in total. The highest BCUT2D eigenvalue weighted by atomic mass is 32.2. The Hall–Kier alpha value is -4.93. The molecule has 1 aromatic carbocycles. The van der Waals surface area contributed by atoms with Gasteiger partial charge >= 0.3 is 18.4 Å². The van der Waals surface area contributed by atoms with Gasteiger partial charge in [-0.2, -0.15) is 26.3 Å². The Kier molecular flexibility index (Phi) is 12.8. The second kappa shape index (κ2) is 17.4. The number of allylic oxidation sites excluding steroid dienone is 1. The summed E-state index contributed by atoms with van der Waals surface area (Å²) in [7, 11) is -3.35. The summed E-state index contributed by atoms with van der Waals surface area (Å²) in [6.45, 7) is 0.0570. The lowest BCUT2D eigenvalue weighted by atomic mass is 9.82. The smallest absolute Gasteiger partial charge is 0.418 e. The summed E-state index contributed by atoms with van der Waals surface area (Å²) in [5.74, 6) is -6.09. The van der Waals surface area contributed by atoms with Crippen molar-refractivity contribution in [3.8, 4) is 11.6 Å². The molecule has 1 unspecified atom stereocenters. The van der Waals surface area contributed by atoms with Crippen LogP contribution in [0.15, 0.2) is 36.5 Å². The first-order valence-corrected chi connectivity index (χ1v) is 22.7. The van der Waals surface area contributed by atoms with E-state index in [-0.39, 0.29) is 71.9 Å². The van der Waals surface area contributed by atoms with Crippen LogP contribution in [0, 0.1) is 17.8 Å². The van der Waals surface area contributed by atoms with Crippen LogP contribution in [0.2, 0.25) is 0 Å². The van der Waals surface area contributed by atoms with E-state index in [0.29, 0.717) is 19.0 Å². The summed E-state index contributed by atoms with van der Waals surface area (Å²) >= 11 is 0. The van der Waals surface area contributed by atoms with Gasteiger partial charge in [-0.15, -0.1) is 0 Å². The van der Waals surface area contributed by atoms with Crippen molar-refractivity contribution in [1.82, 2.24) is 24.8 Å². The SMILES string of the molecule is COc1ccc2c(O[C@@H]3C[C@H]4C(=O)N[C@]5(C(=O)NS(=O)(=O)C6(CF)CC6)C[C@H]5C=CCC[C@H](C)C[C@@H](C)[C@H](N(C(=O)O)C5(C(F)(F)F)CCCOC5)C(=O)N4C3)ncc(C(F)(F)F)c2c1. The Morgan fingerprint density at radius 3 is 2.42 bits per heavy atom. The molecule has 15 nitrogen and oxygen atoms in total. The number of sulfonamides is 1. The second-order valence-electron chi connectivity index (χ2n) is 18.0. The summed E-state index contributed by atoms with van der Waals surface area (Å²) in [5.41, 5.74) is -6.31. The number of rotatable bonds is 9. The number of aromatic nitrogens is 1. The number of methoxy groups -OCH3 is 1. The van der Waals surface area contributed by atoms with Crippen molar-refractivity contribution in [2.24, 2.45) is 17.8 Å². The maximum Gasteiger partial charge on any atom is 0.418 e. The quantitative estimate of drug-likeness (QED) is 0.200. The molecule has 8 atom stereocenters. The summed E-state index contributed by atoms with van der Waals surface area (Å²) < 4.78 is 146. The molecule has 0 radical (unpaired) electrons. The van der Waals surface area contributed by atoms with Gasteiger partial charge in [0.1, 0.15) is 40.9 Å². The lowest BCUT2D eigenvalue weighted by molar-refractivity contribution is -0.260.